The Morgan fingerprint density at radius 1 is 1.05 bits per heavy atom. The van der Waals surface area contributed by atoms with Gasteiger partial charge in [-0.3, -0.25) is 0 Å². The molecule has 2 aromatic carbocycles. The number of carbonyl (C=O) groups excluding carboxylic acids is 1. The molecule has 1 aliphatic rings. The zero-order valence-corrected chi connectivity index (χ0v) is 21.9. The Balaban J connectivity index is 1.96. The van der Waals surface area contributed by atoms with Crippen molar-refractivity contribution in [2.24, 2.45) is 5.73 Å². The van der Waals surface area contributed by atoms with E-state index in [1.54, 1.807) is 0 Å². The van der Waals surface area contributed by atoms with Crippen LogP contribution in [0.2, 0.25) is 15.1 Å². The highest BCUT2D eigenvalue weighted by Gasteiger charge is 2.59. The summed E-state index contributed by atoms with van der Waals surface area (Å²) in [5.74, 6) is 0. The maximum Gasteiger partial charge on any atom is 0.416 e. The van der Waals surface area contributed by atoms with E-state index < -0.39 is 48.0 Å². The van der Waals surface area contributed by atoms with Crippen LogP contribution in [0.25, 0.3) is 0 Å². The van der Waals surface area contributed by atoms with Crippen LogP contribution in [0.4, 0.5) is 36.8 Å². The van der Waals surface area contributed by atoms with E-state index in [4.69, 9.17) is 45.3 Å². The molecule has 0 bridgehead atoms. The van der Waals surface area contributed by atoms with Gasteiger partial charge >= 0.3 is 18.4 Å². The molecule has 1 heterocycles. The van der Waals surface area contributed by atoms with Crippen LogP contribution in [0.3, 0.4) is 0 Å². The number of alkyl halides is 6. The number of aryl methyl sites for hydroxylation is 1. The Morgan fingerprint density at radius 2 is 1.65 bits per heavy atom. The summed E-state index contributed by atoms with van der Waals surface area (Å²) >= 11 is 17.9. The lowest BCUT2D eigenvalue weighted by atomic mass is 9.79. The number of amides is 1. The molecule has 0 spiro atoms. The first-order valence-corrected chi connectivity index (χ1v) is 12.1. The van der Waals surface area contributed by atoms with Gasteiger partial charge in [-0.25, -0.2) is 4.79 Å². The van der Waals surface area contributed by atoms with E-state index in [-0.39, 0.29) is 51.3 Å². The Hall–Kier alpha value is -2.04. The molecule has 1 saturated heterocycles. The van der Waals surface area contributed by atoms with Crippen molar-refractivity contribution in [3.8, 4) is 0 Å². The molecule has 0 radical (unpaired) electrons. The van der Waals surface area contributed by atoms with Crippen molar-refractivity contribution in [1.29, 1.82) is 0 Å². The molecular weight excluding hydrogens is 569 g/mol. The number of anilines is 1. The molecule has 1 amide bonds. The fourth-order valence-electron chi connectivity index (χ4n) is 4.49. The van der Waals surface area contributed by atoms with Gasteiger partial charge in [-0.05, 0) is 68.5 Å². The highest BCUT2D eigenvalue weighted by molar-refractivity contribution is 6.48. The van der Waals surface area contributed by atoms with Gasteiger partial charge in [-0.15, -0.1) is 0 Å². The number of rotatable bonds is 6. The summed E-state index contributed by atoms with van der Waals surface area (Å²) in [6.45, 7) is 2.22. The molecule has 1 aliphatic heterocycles. The summed E-state index contributed by atoms with van der Waals surface area (Å²) in [4.78, 5) is 12.3. The predicted octanol–water partition coefficient (Wildman–Crippen LogP) is 8.18. The molecule has 2 N–H and O–H groups in total. The highest BCUT2D eigenvalue weighted by Crippen LogP contribution is 2.50. The molecule has 1 unspecified atom stereocenters. The molecule has 0 saturated carbocycles. The van der Waals surface area contributed by atoms with Gasteiger partial charge in [0.2, 0.25) is 0 Å². The number of ether oxygens (including phenoxy) is 1. The van der Waals surface area contributed by atoms with Crippen LogP contribution >= 0.6 is 34.8 Å². The number of hydrogen-bond acceptors (Lipinski definition) is 3. The Labute approximate surface area is 224 Å². The lowest BCUT2D eigenvalue weighted by Gasteiger charge is -2.33. The Kier molecular flexibility index (Phi) is 8.19. The van der Waals surface area contributed by atoms with Crippen LogP contribution in [-0.4, -0.2) is 31.0 Å². The van der Waals surface area contributed by atoms with Crippen LogP contribution in [-0.2, 0) is 22.7 Å². The molecule has 204 valence electrons. The average Bonchev–Trinajstić information content (AvgIpc) is 3.21. The van der Waals surface area contributed by atoms with Crippen LogP contribution in [0.5, 0.6) is 0 Å². The molecular formula is C24H23Cl3F6N2O2. The zero-order chi connectivity index (χ0) is 28.0. The molecule has 13 heteroatoms. The SMILES string of the molecule is CC(C)(CCc1ccc(N2CCC(c3cc(Cl)c(Cl)c(Cl)c3)(C(F)(F)F)C2)cc1C(F)(F)F)OC(N)=O. The summed E-state index contributed by atoms with van der Waals surface area (Å²) in [5, 5.41) is -0.398. The standard InChI is InChI=1S/C24H23Cl3F6N2O2/c1-21(2,37-20(34)36)6-5-13-3-4-15(11-16(13)23(28,29)30)35-8-7-22(12-35,24(31,32)33)14-9-17(25)19(27)18(26)10-14/h3-4,9-11H,5-8,12H2,1-2H3,(H2,34,36). The number of primary amides is 1. The van der Waals surface area contributed by atoms with Crippen molar-refractivity contribution in [2.45, 2.75) is 56.5 Å². The Morgan fingerprint density at radius 3 is 2.16 bits per heavy atom. The second-order valence-electron chi connectivity index (χ2n) is 9.53. The molecule has 1 atom stereocenters. The van der Waals surface area contributed by atoms with Crippen molar-refractivity contribution >= 4 is 46.6 Å². The van der Waals surface area contributed by atoms with E-state index in [1.165, 1.54) is 30.9 Å². The van der Waals surface area contributed by atoms with Crippen molar-refractivity contribution in [3.63, 3.8) is 0 Å². The minimum Gasteiger partial charge on any atom is -0.444 e. The molecule has 4 nitrogen and oxygen atoms in total. The number of carbonyl (C=O) groups is 1. The summed E-state index contributed by atoms with van der Waals surface area (Å²) in [7, 11) is 0. The topological polar surface area (TPSA) is 55.6 Å². The lowest BCUT2D eigenvalue weighted by Crippen LogP contribution is -2.45. The molecule has 0 aromatic heterocycles. The highest BCUT2D eigenvalue weighted by atomic mass is 35.5. The maximum absolute atomic E-state index is 14.4. The smallest absolute Gasteiger partial charge is 0.416 e. The summed E-state index contributed by atoms with van der Waals surface area (Å²) < 4.78 is 90.0. The number of hydrogen-bond donors (Lipinski definition) is 1. The van der Waals surface area contributed by atoms with E-state index in [9.17, 15) is 31.1 Å². The first-order valence-electron chi connectivity index (χ1n) is 11.0. The minimum atomic E-state index is -4.77. The van der Waals surface area contributed by atoms with E-state index >= 15 is 0 Å². The fourth-order valence-corrected chi connectivity index (χ4v) is 5.09. The third-order valence-corrected chi connectivity index (χ3v) is 7.68. The molecule has 3 rings (SSSR count). The third kappa shape index (κ3) is 6.34. The van der Waals surface area contributed by atoms with Crippen molar-refractivity contribution in [3.05, 3.63) is 62.1 Å². The largest absolute Gasteiger partial charge is 0.444 e. The van der Waals surface area contributed by atoms with Crippen molar-refractivity contribution in [2.75, 3.05) is 18.0 Å². The summed E-state index contributed by atoms with van der Waals surface area (Å²) in [6.07, 6.45) is -11.1. The Bertz CT molecular complexity index is 1160. The molecule has 37 heavy (non-hydrogen) atoms. The van der Waals surface area contributed by atoms with E-state index in [0.29, 0.717) is 0 Å². The maximum atomic E-state index is 14.4. The van der Waals surface area contributed by atoms with Gasteiger partial charge in [0.15, 0.2) is 0 Å². The zero-order valence-electron chi connectivity index (χ0n) is 19.7. The average molecular weight is 592 g/mol. The minimum absolute atomic E-state index is 0.0130. The number of nitrogens with two attached hydrogens (primary N) is 1. The van der Waals surface area contributed by atoms with Gasteiger partial charge < -0.3 is 15.4 Å². The van der Waals surface area contributed by atoms with Gasteiger partial charge in [-0.1, -0.05) is 40.9 Å². The second kappa shape index (κ2) is 10.3. The normalized spacial score (nSPS) is 18.8. The van der Waals surface area contributed by atoms with Gasteiger partial charge in [-0.2, -0.15) is 26.3 Å². The lowest BCUT2D eigenvalue weighted by molar-refractivity contribution is -0.184. The predicted molar refractivity (Wildman–Crippen MR) is 131 cm³/mol. The quantitative estimate of drug-likeness (QED) is 0.272. The van der Waals surface area contributed by atoms with Crippen LogP contribution in [0, 0.1) is 0 Å². The van der Waals surface area contributed by atoms with Crippen molar-refractivity contribution < 1.29 is 35.9 Å². The monoisotopic (exact) mass is 590 g/mol. The van der Waals surface area contributed by atoms with E-state index in [0.717, 1.165) is 18.2 Å². The summed E-state index contributed by atoms with van der Waals surface area (Å²) in [6, 6.07) is 5.59. The van der Waals surface area contributed by atoms with Gasteiger partial charge in [0.25, 0.3) is 0 Å². The van der Waals surface area contributed by atoms with E-state index in [1.807, 2.05) is 0 Å². The molecule has 2 aromatic rings. The molecule has 1 fully saturated rings. The van der Waals surface area contributed by atoms with Crippen molar-refractivity contribution in [1.82, 2.24) is 0 Å². The van der Waals surface area contributed by atoms with E-state index in [2.05, 4.69) is 0 Å². The van der Waals surface area contributed by atoms with Gasteiger partial charge in [0.1, 0.15) is 11.0 Å². The third-order valence-electron chi connectivity index (χ3n) is 6.49. The molecule has 0 aliphatic carbocycles. The van der Waals surface area contributed by atoms with Crippen LogP contribution < -0.4 is 10.6 Å². The van der Waals surface area contributed by atoms with Gasteiger partial charge in [0.05, 0.1) is 20.6 Å². The number of benzene rings is 2. The van der Waals surface area contributed by atoms with Crippen LogP contribution in [0.15, 0.2) is 30.3 Å². The first kappa shape index (κ1) is 29.5. The fraction of sp³-hybridized carbons (Fsp3) is 0.458. The van der Waals surface area contributed by atoms with Crippen LogP contribution in [0.1, 0.15) is 43.4 Å². The number of halogens is 9. The second-order valence-corrected chi connectivity index (χ2v) is 10.7. The summed E-state index contributed by atoms with van der Waals surface area (Å²) in [5.41, 5.74) is 0.171. The van der Waals surface area contributed by atoms with Gasteiger partial charge in [0, 0.05) is 18.8 Å². The number of nitrogens with zero attached hydrogens (tertiary/aromatic N) is 1. The first-order chi connectivity index (χ1) is 16.9.